The summed E-state index contributed by atoms with van der Waals surface area (Å²) in [5, 5.41) is 8.33. The third-order valence-corrected chi connectivity index (χ3v) is 1.26. The van der Waals surface area contributed by atoms with Gasteiger partial charge in [-0.3, -0.25) is 4.98 Å². The first-order chi connectivity index (χ1) is 5.86. The van der Waals surface area contributed by atoms with E-state index in [0.29, 0.717) is 11.4 Å². The van der Waals surface area contributed by atoms with Crippen molar-refractivity contribution in [3.8, 4) is 6.07 Å². The predicted molar refractivity (Wildman–Crippen MR) is 41.7 cm³/mol. The summed E-state index contributed by atoms with van der Waals surface area (Å²) in [6.07, 6.45) is 3.33. The lowest BCUT2D eigenvalue weighted by Crippen LogP contribution is -1.93. The lowest BCUT2D eigenvalue weighted by molar-refractivity contribution is 0.991. The summed E-state index contributed by atoms with van der Waals surface area (Å²) < 4.78 is 0. The van der Waals surface area contributed by atoms with Gasteiger partial charge < -0.3 is 4.85 Å². The van der Waals surface area contributed by atoms with Crippen LogP contribution < -0.4 is 0 Å². The molecule has 4 nitrogen and oxygen atoms in total. The van der Waals surface area contributed by atoms with Crippen LogP contribution in [-0.2, 0) is 13.0 Å². The zero-order valence-electron chi connectivity index (χ0n) is 6.36. The van der Waals surface area contributed by atoms with Crippen LogP contribution in [0.5, 0.6) is 0 Å². The first kappa shape index (κ1) is 8.16. The van der Waals surface area contributed by atoms with E-state index in [1.54, 1.807) is 0 Å². The Morgan fingerprint density at radius 1 is 1.42 bits per heavy atom. The molecule has 1 rings (SSSR count). The molecule has 0 aromatic carbocycles. The molecule has 1 aromatic heterocycles. The lowest BCUT2D eigenvalue weighted by Gasteiger charge is -1.92. The average molecular weight is 158 g/mol. The Morgan fingerprint density at radius 3 is 2.58 bits per heavy atom. The largest absolute Gasteiger partial charge is 0.310 e. The molecule has 4 heteroatoms. The Morgan fingerprint density at radius 2 is 2.08 bits per heavy atom. The van der Waals surface area contributed by atoms with Crippen LogP contribution in [0.3, 0.4) is 0 Å². The van der Waals surface area contributed by atoms with E-state index in [9.17, 15) is 0 Å². The highest BCUT2D eigenvalue weighted by atomic mass is 14.8. The molecule has 0 fully saturated rings. The van der Waals surface area contributed by atoms with Gasteiger partial charge in [0.05, 0.1) is 30.6 Å². The van der Waals surface area contributed by atoms with E-state index in [0.717, 1.165) is 0 Å². The predicted octanol–water partition coefficient (Wildman–Crippen LogP) is 0.962. The highest BCUT2D eigenvalue weighted by Gasteiger charge is 1.97. The number of hydrogen-bond donors (Lipinski definition) is 0. The van der Waals surface area contributed by atoms with Crippen molar-refractivity contribution in [3.63, 3.8) is 0 Å². The van der Waals surface area contributed by atoms with Crippen molar-refractivity contribution >= 4 is 0 Å². The smallest absolute Gasteiger partial charge is 0.257 e. The molecule has 12 heavy (non-hydrogen) atoms. The van der Waals surface area contributed by atoms with E-state index in [-0.39, 0.29) is 13.0 Å². The van der Waals surface area contributed by atoms with Gasteiger partial charge in [-0.15, -0.1) is 0 Å². The Balaban J connectivity index is 2.74. The van der Waals surface area contributed by atoms with Crippen LogP contribution in [0.25, 0.3) is 4.85 Å². The maximum atomic E-state index is 8.33. The third kappa shape index (κ3) is 2.03. The van der Waals surface area contributed by atoms with E-state index < -0.39 is 0 Å². The first-order valence-corrected chi connectivity index (χ1v) is 3.37. The summed E-state index contributed by atoms with van der Waals surface area (Å²) in [7, 11) is 0. The van der Waals surface area contributed by atoms with Crippen LogP contribution in [0.1, 0.15) is 11.4 Å². The summed E-state index contributed by atoms with van der Waals surface area (Å²) in [4.78, 5) is 11.1. The summed E-state index contributed by atoms with van der Waals surface area (Å²) in [5.74, 6) is 0. The van der Waals surface area contributed by atoms with Crippen molar-refractivity contribution in [3.05, 3.63) is 35.2 Å². The second-order valence-corrected chi connectivity index (χ2v) is 2.15. The van der Waals surface area contributed by atoms with Crippen LogP contribution >= 0.6 is 0 Å². The molecule has 0 radical (unpaired) electrons. The topological polar surface area (TPSA) is 53.9 Å². The Kier molecular flexibility index (Phi) is 2.75. The van der Waals surface area contributed by atoms with Crippen LogP contribution in [-0.4, -0.2) is 9.97 Å². The molecule has 0 spiro atoms. The van der Waals surface area contributed by atoms with Gasteiger partial charge in [0, 0.05) is 0 Å². The molecule has 0 bridgehead atoms. The lowest BCUT2D eigenvalue weighted by atomic mass is 10.3. The summed E-state index contributed by atoms with van der Waals surface area (Å²) in [6, 6.07) is 1.97. The van der Waals surface area contributed by atoms with Gasteiger partial charge in [-0.25, -0.2) is 11.6 Å². The molecule has 0 atom stereocenters. The van der Waals surface area contributed by atoms with Gasteiger partial charge in [-0.1, -0.05) is 0 Å². The fourth-order valence-electron chi connectivity index (χ4n) is 0.716. The molecule has 0 aliphatic carbocycles. The number of nitriles is 1. The molecule has 0 saturated carbocycles. The van der Waals surface area contributed by atoms with Crippen molar-refractivity contribution in [1.29, 1.82) is 5.26 Å². The fourth-order valence-corrected chi connectivity index (χ4v) is 0.716. The van der Waals surface area contributed by atoms with Crippen molar-refractivity contribution in [2.75, 3.05) is 0 Å². The van der Waals surface area contributed by atoms with Gasteiger partial charge in [-0.05, 0) is 0 Å². The van der Waals surface area contributed by atoms with Crippen molar-refractivity contribution in [1.82, 2.24) is 9.97 Å². The highest BCUT2D eigenvalue weighted by molar-refractivity contribution is 5.07. The van der Waals surface area contributed by atoms with Crippen molar-refractivity contribution in [2.45, 2.75) is 13.0 Å². The summed E-state index contributed by atoms with van der Waals surface area (Å²) >= 11 is 0. The number of rotatable bonds is 2. The molecule has 0 aliphatic heterocycles. The number of nitrogens with zero attached hydrogens (tertiary/aromatic N) is 4. The van der Waals surface area contributed by atoms with Crippen LogP contribution in [0.15, 0.2) is 12.4 Å². The average Bonchev–Trinajstić information content (AvgIpc) is 2.09. The van der Waals surface area contributed by atoms with E-state index in [1.165, 1.54) is 12.4 Å². The SMILES string of the molecule is [C-]#[N+]Cc1cnc(CC#N)cn1. The second kappa shape index (κ2) is 4.05. The van der Waals surface area contributed by atoms with Gasteiger partial charge in [0.1, 0.15) is 5.69 Å². The molecule has 0 unspecified atom stereocenters. The molecule has 1 heterocycles. The minimum absolute atomic E-state index is 0.250. The highest BCUT2D eigenvalue weighted by Crippen LogP contribution is 1.97. The standard InChI is InChI=1S/C8H6N4/c1-10-4-8-6-11-7(2-3-9)5-12-8/h5-6H,2,4H2. The minimum Gasteiger partial charge on any atom is -0.310 e. The van der Waals surface area contributed by atoms with Crippen LogP contribution in [0.4, 0.5) is 0 Å². The third-order valence-electron chi connectivity index (χ3n) is 1.26. The van der Waals surface area contributed by atoms with Gasteiger partial charge in [0.2, 0.25) is 0 Å². The maximum Gasteiger partial charge on any atom is 0.257 e. The van der Waals surface area contributed by atoms with Crippen molar-refractivity contribution in [2.24, 2.45) is 0 Å². The molecular formula is C8H6N4. The summed E-state index contributed by atoms with van der Waals surface area (Å²) in [6.45, 7) is 6.83. The van der Waals surface area contributed by atoms with E-state index >= 15 is 0 Å². The molecule has 0 saturated heterocycles. The second-order valence-electron chi connectivity index (χ2n) is 2.15. The van der Waals surface area contributed by atoms with Crippen LogP contribution in [0.2, 0.25) is 0 Å². The normalized spacial score (nSPS) is 8.50. The maximum absolute atomic E-state index is 8.33. The number of hydrogen-bond acceptors (Lipinski definition) is 3. The molecular weight excluding hydrogens is 152 g/mol. The van der Waals surface area contributed by atoms with E-state index in [1.807, 2.05) is 6.07 Å². The Labute approximate surface area is 70.3 Å². The van der Waals surface area contributed by atoms with Gasteiger partial charge in [-0.2, -0.15) is 5.26 Å². The van der Waals surface area contributed by atoms with Crippen molar-refractivity contribution < 1.29 is 0 Å². The van der Waals surface area contributed by atoms with Gasteiger partial charge >= 0.3 is 0 Å². The molecule has 1 aromatic rings. The zero-order valence-corrected chi connectivity index (χ0v) is 6.36. The molecule has 0 amide bonds. The molecule has 0 aliphatic rings. The fraction of sp³-hybridized carbons (Fsp3) is 0.250. The summed E-state index contributed by atoms with van der Waals surface area (Å²) in [5.41, 5.74) is 1.29. The Hall–Kier alpha value is -1.94. The van der Waals surface area contributed by atoms with E-state index in [4.69, 9.17) is 11.8 Å². The Bertz CT molecular complexity index is 293. The van der Waals surface area contributed by atoms with E-state index in [2.05, 4.69) is 14.8 Å². The van der Waals surface area contributed by atoms with Gasteiger partial charge in [0.15, 0.2) is 0 Å². The minimum atomic E-state index is 0.250. The number of aromatic nitrogens is 2. The first-order valence-electron chi connectivity index (χ1n) is 3.37. The molecule has 0 N–H and O–H groups in total. The monoisotopic (exact) mass is 158 g/mol. The van der Waals surface area contributed by atoms with Gasteiger partial charge in [0.25, 0.3) is 6.54 Å². The van der Waals surface area contributed by atoms with Crippen LogP contribution in [0, 0.1) is 17.9 Å². The molecule has 58 valence electrons. The quantitative estimate of drug-likeness (QED) is 0.602. The zero-order chi connectivity index (χ0) is 8.81.